The topological polar surface area (TPSA) is 49.8 Å². The molecule has 0 aromatic heterocycles. The molecule has 0 aliphatic carbocycles. The SMILES string of the molecule is COc1c(C(C)=O)c(O)cc(C)c1C1CCN(C)CC1. The van der Waals surface area contributed by atoms with Crippen LogP contribution in [0.2, 0.25) is 0 Å². The molecule has 0 amide bonds. The predicted molar refractivity (Wildman–Crippen MR) is 78.9 cm³/mol. The molecule has 0 unspecified atom stereocenters. The quantitative estimate of drug-likeness (QED) is 0.863. The van der Waals surface area contributed by atoms with Crippen LogP contribution in [0.4, 0.5) is 0 Å². The van der Waals surface area contributed by atoms with E-state index < -0.39 is 0 Å². The molecule has 1 aromatic carbocycles. The lowest BCUT2D eigenvalue weighted by molar-refractivity contribution is 0.101. The highest BCUT2D eigenvalue weighted by atomic mass is 16.5. The number of benzene rings is 1. The fraction of sp³-hybridized carbons (Fsp3) is 0.562. The largest absolute Gasteiger partial charge is 0.507 e. The van der Waals surface area contributed by atoms with E-state index in [1.54, 1.807) is 13.2 Å². The van der Waals surface area contributed by atoms with Crippen LogP contribution in [0, 0.1) is 6.92 Å². The molecule has 1 aliphatic rings. The Morgan fingerprint density at radius 3 is 2.50 bits per heavy atom. The number of aromatic hydroxyl groups is 1. The van der Waals surface area contributed by atoms with Crippen molar-refractivity contribution in [3.05, 3.63) is 22.8 Å². The molecule has 20 heavy (non-hydrogen) atoms. The summed E-state index contributed by atoms with van der Waals surface area (Å²) in [4.78, 5) is 14.1. The third-order valence-electron chi connectivity index (χ3n) is 4.19. The third-order valence-corrected chi connectivity index (χ3v) is 4.19. The van der Waals surface area contributed by atoms with E-state index in [2.05, 4.69) is 11.9 Å². The molecule has 0 bridgehead atoms. The average molecular weight is 277 g/mol. The number of rotatable bonds is 3. The highest BCUT2D eigenvalue weighted by Crippen LogP contribution is 2.42. The first-order valence-corrected chi connectivity index (χ1v) is 7.05. The zero-order chi connectivity index (χ0) is 14.9. The molecule has 1 aliphatic heterocycles. The lowest BCUT2D eigenvalue weighted by Crippen LogP contribution is -2.29. The van der Waals surface area contributed by atoms with Crippen LogP contribution in [-0.2, 0) is 0 Å². The maximum Gasteiger partial charge on any atom is 0.167 e. The number of phenols is 1. The number of piperidine rings is 1. The summed E-state index contributed by atoms with van der Waals surface area (Å²) in [5, 5.41) is 10.0. The molecule has 4 heteroatoms. The molecule has 0 radical (unpaired) electrons. The molecule has 0 atom stereocenters. The number of methoxy groups -OCH3 is 1. The Labute approximate surface area is 120 Å². The number of likely N-dealkylation sites (tertiary alicyclic amines) is 1. The van der Waals surface area contributed by atoms with E-state index in [1.807, 2.05) is 6.92 Å². The standard InChI is InChI=1S/C16H23NO3/c1-10-9-13(19)15(11(2)18)16(20-4)14(10)12-5-7-17(3)8-6-12/h9,12,19H,5-8H2,1-4H3. The van der Waals surface area contributed by atoms with E-state index in [1.165, 1.54) is 6.92 Å². The summed E-state index contributed by atoms with van der Waals surface area (Å²) >= 11 is 0. The van der Waals surface area contributed by atoms with Crippen molar-refractivity contribution in [3.8, 4) is 11.5 Å². The van der Waals surface area contributed by atoms with E-state index in [0.717, 1.165) is 37.1 Å². The third kappa shape index (κ3) is 2.66. The molecule has 1 fully saturated rings. The van der Waals surface area contributed by atoms with E-state index >= 15 is 0 Å². The number of nitrogens with zero attached hydrogens (tertiary/aromatic N) is 1. The van der Waals surface area contributed by atoms with Crippen molar-refractivity contribution >= 4 is 5.78 Å². The summed E-state index contributed by atoms with van der Waals surface area (Å²) < 4.78 is 5.49. The van der Waals surface area contributed by atoms with Crippen LogP contribution in [0.25, 0.3) is 0 Å². The highest BCUT2D eigenvalue weighted by molar-refractivity contribution is 6.00. The van der Waals surface area contributed by atoms with Gasteiger partial charge >= 0.3 is 0 Å². The van der Waals surface area contributed by atoms with Gasteiger partial charge in [-0.2, -0.15) is 0 Å². The number of carbonyl (C=O) groups excluding carboxylic acids is 1. The van der Waals surface area contributed by atoms with Gasteiger partial charge in [-0.15, -0.1) is 0 Å². The second-order valence-corrected chi connectivity index (χ2v) is 5.67. The number of phenolic OH excluding ortho intramolecular Hbond substituents is 1. The number of carbonyl (C=O) groups is 1. The number of aryl methyl sites for hydroxylation is 1. The Kier molecular flexibility index (Phi) is 4.33. The van der Waals surface area contributed by atoms with E-state index in [9.17, 15) is 9.90 Å². The minimum atomic E-state index is -0.159. The Morgan fingerprint density at radius 2 is 2.00 bits per heavy atom. The van der Waals surface area contributed by atoms with Gasteiger partial charge in [-0.1, -0.05) is 0 Å². The van der Waals surface area contributed by atoms with Crippen molar-refractivity contribution in [1.29, 1.82) is 0 Å². The molecule has 1 aromatic rings. The normalized spacial score (nSPS) is 17.2. The van der Waals surface area contributed by atoms with Crippen LogP contribution in [0.15, 0.2) is 6.07 Å². The minimum Gasteiger partial charge on any atom is -0.507 e. The number of Topliss-reactive ketones (excluding diaryl/α,β-unsaturated/α-hetero) is 1. The fourth-order valence-electron chi connectivity index (χ4n) is 3.14. The Bertz CT molecular complexity index is 517. The molecule has 110 valence electrons. The number of ketones is 1. The first-order chi connectivity index (χ1) is 9.45. The summed E-state index contributed by atoms with van der Waals surface area (Å²) in [6, 6.07) is 1.69. The second-order valence-electron chi connectivity index (χ2n) is 5.67. The predicted octanol–water partition coefficient (Wildman–Crippen LogP) is 2.72. The van der Waals surface area contributed by atoms with Crippen molar-refractivity contribution in [2.24, 2.45) is 0 Å². The van der Waals surface area contributed by atoms with Gasteiger partial charge in [-0.3, -0.25) is 4.79 Å². The molecular formula is C16H23NO3. The lowest BCUT2D eigenvalue weighted by atomic mass is 9.84. The van der Waals surface area contributed by atoms with Crippen LogP contribution in [0.5, 0.6) is 11.5 Å². The summed E-state index contributed by atoms with van der Waals surface area (Å²) in [7, 11) is 3.69. The van der Waals surface area contributed by atoms with E-state index in [4.69, 9.17) is 4.74 Å². The molecule has 1 N–H and O–H groups in total. The fourth-order valence-corrected chi connectivity index (χ4v) is 3.14. The van der Waals surface area contributed by atoms with Gasteiger partial charge in [0.05, 0.1) is 7.11 Å². The molecule has 2 rings (SSSR count). The van der Waals surface area contributed by atoms with Crippen LogP contribution in [0.3, 0.4) is 0 Å². The Balaban J connectivity index is 2.51. The Morgan fingerprint density at radius 1 is 1.40 bits per heavy atom. The number of hydrogen-bond donors (Lipinski definition) is 1. The van der Waals surface area contributed by atoms with E-state index in [0.29, 0.717) is 17.2 Å². The van der Waals surface area contributed by atoms with Gasteiger partial charge < -0.3 is 14.7 Å². The van der Waals surface area contributed by atoms with Crippen LogP contribution in [0.1, 0.15) is 47.2 Å². The maximum absolute atomic E-state index is 11.8. The summed E-state index contributed by atoms with van der Waals surface area (Å²) in [5.74, 6) is 0.807. The summed E-state index contributed by atoms with van der Waals surface area (Å²) in [6.45, 7) is 5.53. The smallest absolute Gasteiger partial charge is 0.167 e. The molecule has 1 saturated heterocycles. The van der Waals surface area contributed by atoms with Gasteiger partial charge in [0.25, 0.3) is 0 Å². The van der Waals surface area contributed by atoms with Crippen molar-refractivity contribution in [1.82, 2.24) is 4.90 Å². The first-order valence-electron chi connectivity index (χ1n) is 7.05. The monoisotopic (exact) mass is 277 g/mol. The zero-order valence-electron chi connectivity index (χ0n) is 12.7. The minimum absolute atomic E-state index is 0.0172. The molecule has 1 heterocycles. The van der Waals surface area contributed by atoms with Gasteiger partial charge in [0.15, 0.2) is 5.78 Å². The maximum atomic E-state index is 11.8. The number of ether oxygens (including phenoxy) is 1. The van der Waals surface area contributed by atoms with Crippen LogP contribution < -0.4 is 4.74 Å². The van der Waals surface area contributed by atoms with Crippen molar-refractivity contribution < 1.29 is 14.6 Å². The van der Waals surface area contributed by atoms with Crippen LogP contribution in [-0.4, -0.2) is 43.0 Å². The van der Waals surface area contributed by atoms with Gasteiger partial charge in [-0.05, 0) is 64.4 Å². The number of hydrogen-bond acceptors (Lipinski definition) is 4. The van der Waals surface area contributed by atoms with E-state index in [-0.39, 0.29) is 11.5 Å². The van der Waals surface area contributed by atoms with Gasteiger partial charge in [-0.25, -0.2) is 0 Å². The van der Waals surface area contributed by atoms with Gasteiger partial charge in [0.2, 0.25) is 0 Å². The van der Waals surface area contributed by atoms with Crippen molar-refractivity contribution in [2.75, 3.05) is 27.2 Å². The molecule has 0 spiro atoms. The second kappa shape index (κ2) is 5.83. The summed E-state index contributed by atoms with van der Waals surface area (Å²) in [6.07, 6.45) is 2.10. The van der Waals surface area contributed by atoms with Crippen LogP contribution >= 0.6 is 0 Å². The Hall–Kier alpha value is -1.55. The zero-order valence-corrected chi connectivity index (χ0v) is 12.7. The van der Waals surface area contributed by atoms with Gasteiger partial charge in [0.1, 0.15) is 17.1 Å². The summed E-state index contributed by atoms with van der Waals surface area (Å²) in [5.41, 5.74) is 2.40. The first kappa shape index (κ1) is 14.9. The van der Waals surface area contributed by atoms with Crippen molar-refractivity contribution in [2.45, 2.75) is 32.6 Å². The van der Waals surface area contributed by atoms with Crippen molar-refractivity contribution in [3.63, 3.8) is 0 Å². The molecular weight excluding hydrogens is 254 g/mol. The highest BCUT2D eigenvalue weighted by Gasteiger charge is 2.27. The molecule has 4 nitrogen and oxygen atoms in total. The molecule has 0 saturated carbocycles. The average Bonchev–Trinajstić information content (AvgIpc) is 2.38. The lowest BCUT2D eigenvalue weighted by Gasteiger charge is -2.31. The van der Waals surface area contributed by atoms with Gasteiger partial charge in [0, 0.05) is 5.56 Å².